The van der Waals surface area contributed by atoms with Gasteiger partial charge in [-0.2, -0.15) is 0 Å². The van der Waals surface area contributed by atoms with E-state index in [2.05, 4.69) is 22.5 Å². The van der Waals surface area contributed by atoms with Crippen LogP contribution in [0.4, 0.5) is 5.69 Å². The summed E-state index contributed by atoms with van der Waals surface area (Å²) in [4.78, 5) is 26.7. The van der Waals surface area contributed by atoms with E-state index in [0.717, 1.165) is 13.0 Å². The molecule has 114 valence electrons. The van der Waals surface area contributed by atoms with Gasteiger partial charge in [-0.3, -0.25) is 4.79 Å². The molecule has 0 aliphatic carbocycles. The van der Waals surface area contributed by atoms with Crippen molar-refractivity contribution >= 4 is 17.6 Å². The molecule has 3 N–H and O–H groups in total. The van der Waals surface area contributed by atoms with Gasteiger partial charge in [-0.05, 0) is 25.1 Å². The number of rotatable bonds is 6. The fourth-order valence-electron chi connectivity index (χ4n) is 2.17. The fraction of sp³-hybridized carbons (Fsp3) is 0.500. The summed E-state index contributed by atoms with van der Waals surface area (Å²) >= 11 is 0. The largest absolute Gasteiger partial charge is 0.477 e. The van der Waals surface area contributed by atoms with Gasteiger partial charge >= 0.3 is 5.97 Å². The van der Waals surface area contributed by atoms with Gasteiger partial charge < -0.3 is 20.5 Å². The molecular formula is C14H19N3O4. The summed E-state index contributed by atoms with van der Waals surface area (Å²) in [5.74, 6) is -1.50. The first-order valence-corrected chi connectivity index (χ1v) is 6.93. The number of aromatic carboxylic acids is 1. The number of hydrogen-bond donors (Lipinski definition) is 3. The van der Waals surface area contributed by atoms with Crippen LogP contribution in [0.3, 0.4) is 0 Å². The van der Waals surface area contributed by atoms with Crippen molar-refractivity contribution in [2.24, 2.45) is 5.92 Å². The first kappa shape index (κ1) is 15.4. The molecule has 2 unspecified atom stereocenters. The molecule has 1 aliphatic heterocycles. The van der Waals surface area contributed by atoms with E-state index < -0.39 is 5.97 Å². The van der Waals surface area contributed by atoms with Crippen LogP contribution >= 0.6 is 0 Å². The molecule has 1 aromatic heterocycles. The lowest BCUT2D eigenvalue weighted by Gasteiger charge is -2.18. The topological polar surface area (TPSA) is 101 Å². The molecule has 0 saturated carbocycles. The number of nitrogens with one attached hydrogen (secondary N) is 2. The summed E-state index contributed by atoms with van der Waals surface area (Å²) in [5.41, 5.74) is 0.422. The van der Waals surface area contributed by atoms with Crippen LogP contribution in [0.15, 0.2) is 18.3 Å². The Hall–Kier alpha value is -1.99. The molecule has 1 aliphatic rings. The van der Waals surface area contributed by atoms with E-state index in [1.165, 1.54) is 18.3 Å². The molecule has 1 fully saturated rings. The van der Waals surface area contributed by atoms with Gasteiger partial charge in [0.15, 0.2) is 0 Å². The van der Waals surface area contributed by atoms with E-state index in [1.54, 1.807) is 0 Å². The van der Waals surface area contributed by atoms with Crippen molar-refractivity contribution in [1.29, 1.82) is 0 Å². The molecule has 0 bridgehead atoms. The molecule has 0 aromatic carbocycles. The Morgan fingerprint density at radius 3 is 2.86 bits per heavy atom. The van der Waals surface area contributed by atoms with Gasteiger partial charge in [-0.1, -0.05) is 6.92 Å². The van der Waals surface area contributed by atoms with Crippen LogP contribution in [-0.2, 0) is 9.53 Å². The Bertz CT molecular complexity index is 503. The Labute approximate surface area is 122 Å². The zero-order chi connectivity index (χ0) is 15.2. The highest BCUT2D eigenvalue weighted by molar-refractivity contribution is 5.93. The van der Waals surface area contributed by atoms with Crippen molar-refractivity contribution in [1.82, 2.24) is 10.3 Å². The molecule has 7 heteroatoms. The molecule has 1 saturated heterocycles. The van der Waals surface area contributed by atoms with Crippen LogP contribution in [0.1, 0.15) is 23.8 Å². The van der Waals surface area contributed by atoms with Gasteiger partial charge in [0.1, 0.15) is 5.69 Å². The normalized spacial score (nSPS) is 21.2. The summed E-state index contributed by atoms with van der Waals surface area (Å²) in [6.07, 6.45) is 2.33. The smallest absolute Gasteiger partial charge is 0.354 e. The Balaban J connectivity index is 1.95. The van der Waals surface area contributed by atoms with Crippen molar-refractivity contribution in [2.75, 3.05) is 25.1 Å². The Morgan fingerprint density at radius 2 is 2.24 bits per heavy atom. The number of ether oxygens (including phenoxy) is 1. The van der Waals surface area contributed by atoms with Crippen LogP contribution in [0, 0.1) is 5.92 Å². The monoisotopic (exact) mass is 293 g/mol. The number of carboxylic acids is 1. The van der Waals surface area contributed by atoms with E-state index in [0.29, 0.717) is 18.9 Å². The predicted octanol–water partition coefficient (Wildman–Crippen LogP) is 0.733. The minimum absolute atomic E-state index is 0.0104. The maximum absolute atomic E-state index is 12.2. The highest BCUT2D eigenvalue weighted by atomic mass is 16.5. The lowest BCUT2D eigenvalue weighted by molar-refractivity contribution is -0.120. The number of aromatic nitrogens is 1. The van der Waals surface area contributed by atoms with Gasteiger partial charge in [-0.25, -0.2) is 9.78 Å². The number of pyridine rings is 1. The van der Waals surface area contributed by atoms with Crippen LogP contribution in [-0.4, -0.2) is 47.8 Å². The van der Waals surface area contributed by atoms with Gasteiger partial charge in [0.2, 0.25) is 5.91 Å². The van der Waals surface area contributed by atoms with Crippen molar-refractivity contribution in [2.45, 2.75) is 19.4 Å². The van der Waals surface area contributed by atoms with Gasteiger partial charge in [-0.15, -0.1) is 0 Å². The Kier molecular flexibility index (Phi) is 5.24. The predicted molar refractivity (Wildman–Crippen MR) is 76.2 cm³/mol. The van der Waals surface area contributed by atoms with Gasteiger partial charge in [0.25, 0.3) is 0 Å². The number of anilines is 1. The number of carbonyl (C=O) groups is 2. The fourth-order valence-corrected chi connectivity index (χ4v) is 2.17. The lowest BCUT2D eigenvalue weighted by atomic mass is 10.0. The van der Waals surface area contributed by atoms with E-state index in [9.17, 15) is 9.59 Å². The van der Waals surface area contributed by atoms with E-state index in [-0.39, 0.29) is 23.6 Å². The highest BCUT2D eigenvalue weighted by Gasteiger charge is 2.33. The molecule has 2 heterocycles. The maximum atomic E-state index is 12.2. The first-order valence-electron chi connectivity index (χ1n) is 6.93. The summed E-state index contributed by atoms with van der Waals surface area (Å²) < 4.78 is 5.36. The Morgan fingerprint density at radius 1 is 1.43 bits per heavy atom. The standard InChI is InChI=1S/C14H19N3O4/c1-2-5-15-12-8-21-7-10(12)13(18)17-9-3-4-11(14(19)20)16-6-9/h3-4,6,10,12,15H,2,5,7-8H2,1H3,(H,17,18)(H,19,20). The second-order valence-electron chi connectivity index (χ2n) is 4.93. The van der Waals surface area contributed by atoms with Crippen molar-refractivity contribution in [3.05, 3.63) is 24.0 Å². The number of nitrogens with zero attached hydrogens (tertiary/aromatic N) is 1. The minimum Gasteiger partial charge on any atom is -0.477 e. The highest BCUT2D eigenvalue weighted by Crippen LogP contribution is 2.17. The first-order chi connectivity index (χ1) is 10.1. The molecule has 7 nitrogen and oxygen atoms in total. The molecule has 1 aromatic rings. The van der Waals surface area contributed by atoms with Crippen molar-refractivity contribution in [3.63, 3.8) is 0 Å². The van der Waals surface area contributed by atoms with Crippen LogP contribution in [0.25, 0.3) is 0 Å². The zero-order valence-electron chi connectivity index (χ0n) is 11.8. The SMILES string of the molecule is CCCNC1COCC1C(=O)Nc1ccc(C(=O)O)nc1. The second kappa shape index (κ2) is 7.14. The van der Waals surface area contributed by atoms with Gasteiger partial charge in [0.05, 0.1) is 31.0 Å². The average Bonchev–Trinajstić information content (AvgIpc) is 2.94. The lowest BCUT2D eigenvalue weighted by Crippen LogP contribution is -2.41. The summed E-state index contributed by atoms with van der Waals surface area (Å²) in [7, 11) is 0. The number of amides is 1. The third-order valence-electron chi connectivity index (χ3n) is 3.32. The molecule has 21 heavy (non-hydrogen) atoms. The minimum atomic E-state index is -1.10. The molecular weight excluding hydrogens is 274 g/mol. The molecule has 2 atom stereocenters. The van der Waals surface area contributed by atoms with Crippen molar-refractivity contribution < 1.29 is 19.4 Å². The molecule has 2 rings (SSSR count). The van der Waals surface area contributed by atoms with Crippen LogP contribution < -0.4 is 10.6 Å². The summed E-state index contributed by atoms with van der Waals surface area (Å²) in [6, 6.07) is 2.89. The summed E-state index contributed by atoms with van der Waals surface area (Å²) in [6.45, 7) is 3.81. The van der Waals surface area contributed by atoms with Crippen molar-refractivity contribution in [3.8, 4) is 0 Å². The van der Waals surface area contributed by atoms with Crippen LogP contribution in [0.2, 0.25) is 0 Å². The van der Waals surface area contributed by atoms with Gasteiger partial charge in [0, 0.05) is 6.04 Å². The zero-order valence-corrected chi connectivity index (χ0v) is 11.8. The van der Waals surface area contributed by atoms with E-state index in [4.69, 9.17) is 9.84 Å². The number of carboxylic acid groups (broad SMARTS) is 1. The number of hydrogen-bond acceptors (Lipinski definition) is 5. The van der Waals surface area contributed by atoms with E-state index >= 15 is 0 Å². The molecule has 0 radical (unpaired) electrons. The van der Waals surface area contributed by atoms with Crippen LogP contribution in [0.5, 0.6) is 0 Å². The maximum Gasteiger partial charge on any atom is 0.354 e. The molecule has 0 spiro atoms. The molecule has 1 amide bonds. The average molecular weight is 293 g/mol. The summed E-state index contributed by atoms with van der Waals surface area (Å²) in [5, 5.41) is 14.8. The quantitative estimate of drug-likeness (QED) is 0.715. The second-order valence-corrected chi connectivity index (χ2v) is 4.93. The van der Waals surface area contributed by atoms with E-state index in [1.807, 2.05) is 0 Å². The number of carbonyl (C=O) groups excluding carboxylic acids is 1. The third-order valence-corrected chi connectivity index (χ3v) is 3.32. The third kappa shape index (κ3) is 3.99.